The number of β-lactam (4-membered cyclic amide) rings is 1. The number of rotatable bonds is 6. The second-order valence-corrected chi connectivity index (χ2v) is 8.08. The number of phenols is 2. The summed E-state index contributed by atoms with van der Waals surface area (Å²) in [7, 11) is 0. The molecule has 2 aromatic rings. The number of likely N-dealkylation sites (tertiary alicyclic amines) is 1. The summed E-state index contributed by atoms with van der Waals surface area (Å²) in [6.45, 7) is 2.86. The van der Waals surface area contributed by atoms with Crippen LogP contribution in [0.1, 0.15) is 26.0 Å². The Balaban J connectivity index is 2.07. The van der Waals surface area contributed by atoms with Crippen molar-refractivity contribution in [1.29, 1.82) is 0 Å². The van der Waals surface area contributed by atoms with Gasteiger partial charge >= 0.3 is 5.97 Å². The lowest BCUT2D eigenvalue weighted by Gasteiger charge is -2.46. The number of carboxylic acids is 1. The molecule has 3 rings (SSSR count). The molecule has 0 radical (unpaired) electrons. The molecule has 0 saturated carbocycles. The SMILES string of the molecule is C[C@@H]1CC(=O)N1[C@@H](C(=O)O)[C@](C)(c1cc(-c2ccc(O)c(O)c2)on1)S(=O)O. The summed E-state index contributed by atoms with van der Waals surface area (Å²) in [5.74, 6) is -2.57. The molecule has 2 heterocycles. The molecule has 1 unspecified atom stereocenters. The zero-order valence-corrected chi connectivity index (χ0v) is 15.7. The fraction of sp³-hybridized carbons (Fsp3) is 0.353. The van der Waals surface area contributed by atoms with E-state index in [0.29, 0.717) is 5.56 Å². The van der Waals surface area contributed by atoms with Crippen molar-refractivity contribution in [2.24, 2.45) is 0 Å². The van der Waals surface area contributed by atoms with Crippen LogP contribution < -0.4 is 0 Å². The Kier molecular flexibility index (Phi) is 4.90. The molecule has 0 spiro atoms. The molecule has 28 heavy (non-hydrogen) atoms. The van der Waals surface area contributed by atoms with E-state index in [4.69, 9.17) is 4.52 Å². The van der Waals surface area contributed by atoms with E-state index in [2.05, 4.69) is 5.16 Å². The van der Waals surface area contributed by atoms with Crippen LogP contribution in [0.25, 0.3) is 11.3 Å². The molecule has 4 atom stereocenters. The van der Waals surface area contributed by atoms with E-state index < -0.39 is 45.5 Å². The monoisotopic (exact) mass is 410 g/mol. The Morgan fingerprint density at radius 1 is 1.36 bits per heavy atom. The molecule has 11 heteroatoms. The number of aromatic hydroxyl groups is 2. The van der Waals surface area contributed by atoms with Crippen molar-refractivity contribution in [1.82, 2.24) is 10.1 Å². The summed E-state index contributed by atoms with van der Waals surface area (Å²) < 4.78 is 25.4. The van der Waals surface area contributed by atoms with E-state index in [1.54, 1.807) is 6.92 Å². The van der Waals surface area contributed by atoms with Gasteiger partial charge in [0.25, 0.3) is 0 Å². The van der Waals surface area contributed by atoms with Crippen molar-refractivity contribution in [3.63, 3.8) is 0 Å². The van der Waals surface area contributed by atoms with Gasteiger partial charge in [-0.25, -0.2) is 9.00 Å². The highest BCUT2D eigenvalue weighted by atomic mass is 32.2. The van der Waals surface area contributed by atoms with Gasteiger partial charge in [0.15, 0.2) is 34.4 Å². The number of aliphatic carboxylic acids is 1. The number of benzene rings is 1. The Morgan fingerprint density at radius 3 is 2.54 bits per heavy atom. The minimum absolute atomic E-state index is 0.0779. The van der Waals surface area contributed by atoms with Crippen LogP contribution >= 0.6 is 0 Å². The van der Waals surface area contributed by atoms with E-state index in [1.165, 1.54) is 31.2 Å². The summed E-state index contributed by atoms with van der Waals surface area (Å²) in [6.07, 6.45) is 0.148. The number of carboxylic acid groups (broad SMARTS) is 1. The van der Waals surface area contributed by atoms with Gasteiger partial charge in [-0.1, -0.05) is 5.16 Å². The summed E-state index contributed by atoms with van der Waals surface area (Å²) >= 11 is -2.73. The fourth-order valence-electron chi connectivity index (χ4n) is 3.26. The van der Waals surface area contributed by atoms with E-state index in [9.17, 15) is 33.7 Å². The Hall–Kier alpha value is -2.92. The normalized spacial score (nSPS) is 20.9. The van der Waals surface area contributed by atoms with E-state index in [1.807, 2.05) is 0 Å². The molecule has 150 valence electrons. The zero-order chi connectivity index (χ0) is 20.8. The molecule has 1 amide bonds. The van der Waals surface area contributed by atoms with Gasteiger partial charge in [0, 0.05) is 24.1 Å². The van der Waals surface area contributed by atoms with Crippen molar-refractivity contribution >= 4 is 23.0 Å². The summed E-state index contributed by atoms with van der Waals surface area (Å²) in [5.41, 5.74) is 0.163. The standard InChI is InChI=1S/C17H18N2O8S/c1-8-5-14(22)19(8)15(16(23)24)17(2,28(25)26)13-7-12(27-18-13)9-3-4-10(20)11(21)6-9/h3-4,6-8,15,20-21H,5H2,1-2H3,(H,23,24)(H,25,26)/t8-,15+,17+/m1/s1. The number of phenolic OH excluding ortho intramolecular Hbond substituents is 2. The average molecular weight is 410 g/mol. The minimum Gasteiger partial charge on any atom is -0.504 e. The maximum atomic E-state index is 12.2. The van der Waals surface area contributed by atoms with Gasteiger partial charge in [0.1, 0.15) is 10.4 Å². The smallest absolute Gasteiger partial charge is 0.328 e. The van der Waals surface area contributed by atoms with Gasteiger partial charge in [-0.15, -0.1) is 0 Å². The van der Waals surface area contributed by atoms with Crippen LogP contribution in [-0.4, -0.2) is 58.1 Å². The van der Waals surface area contributed by atoms with Crippen LogP contribution in [0, 0.1) is 0 Å². The fourth-order valence-corrected chi connectivity index (χ4v) is 3.94. The van der Waals surface area contributed by atoms with E-state index >= 15 is 0 Å². The second-order valence-electron chi connectivity index (χ2n) is 6.73. The number of carbonyl (C=O) groups excluding carboxylic acids is 1. The third-order valence-electron chi connectivity index (χ3n) is 4.91. The highest BCUT2D eigenvalue weighted by Gasteiger charge is 2.56. The van der Waals surface area contributed by atoms with Crippen LogP contribution in [0.5, 0.6) is 11.5 Å². The summed E-state index contributed by atoms with van der Waals surface area (Å²) in [6, 6.07) is 3.06. The Bertz CT molecular complexity index is 974. The van der Waals surface area contributed by atoms with Crippen molar-refractivity contribution < 1.29 is 38.2 Å². The first-order valence-electron chi connectivity index (χ1n) is 8.21. The molecule has 1 aromatic carbocycles. The molecule has 1 aliphatic rings. The number of carbonyl (C=O) groups is 2. The van der Waals surface area contributed by atoms with Crippen LogP contribution in [0.4, 0.5) is 0 Å². The van der Waals surface area contributed by atoms with Crippen molar-refractivity contribution in [2.45, 2.75) is 37.1 Å². The van der Waals surface area contributed by atoms with Gasteiger partial charge < -0.3 is 29.3 Å². The van der Waals surface area contributed by atoms with Crippen molar-refractivity contribution in [2.75, 3.05) is 0 Å². The average Bonchev–Trinajstić information content (AvgIpc) is 3.11. The number of nitrogens with zero attached hydrogens (tertiary/aromatic N) is 2. The predicted octanol–water partition coefficient (Wildman–Crippen LogP) is 1.26. The maximum absolute atomic E-state index is 12.2. The summed E-state index contributed by atoms with van der Waals surface area (Å²) in [5, 5.41) is 32.5. The zero-order valence-electron chi connectivity index (χ0n) is 14.9. The molecular weight excluding hydrogens is 392 g/mol. The first kappa shape index (κ1) is 19.8. The van der Waals surface area contributed by atoms with Gasteiger partial charge in [0.05, 0.1) is 0 Å². The lowest BCUT2D eigenvalue weighted by Crippen LogP contribution is -2.65. The number of hydrogen-bond acceptors (Lipinski definition) is 7. The van der Waals surface area contributed by atoms with E-state index in [-0.39, 0.29) is 23.6 Å². The molecule has 1 aliphatic heterocycles. The highest BCUT2D eigenvalue weighted by Crippen LogP contribution is 2.40. The number of hydrogen-bond donors (Lipinski definition) is 4. The van der Waals surface area contributed by atoms with Gasteiger partial charge in [0.2, 0.25) is 5.91 Å². The van der Waals surface area contributed by atoms with Crippen molar-refractivity contribution in [3.8, 4) is 22.8 Å². The molecule has 10 nitrogen and oxygen atoms in total. The molecule has 0 bridgehead atoms. The largest absolute Gasteiger partial charge is 0.504 e. The van der Waals surface area contributed by atoms with Crippen molar-refractivity contribution in [3.05, 3.63) is 30.0 Å². The molecule has 1 saturated heterocycles. The Morgan fingerprint density at radius 2 is 2.04 bits per heavy atom. The maximum Gasteiger partial charge on any atom is 0.328 e. The van der Waals surface area contributed by atoms with Crippen LogP contribution in [0.2, 0.25) is 0 Å². The molecule has 1 fully saturated rings. The molecule has 0 aliphatic carbocycles. The summed E-state index contributed by atoms with van der Waals surface area (Å²) in [4.78, 5) is 25.0. The second kappa shape index (κ2) is 6.91. The van der Waals surface area contributed by atoms with Gasteiger partial charge in [-0.05, 0) is 32.0 Å². The van der Waals surface area contributed by atoms with Crippen LogP contribution in [0.3, 0.4) is 0 Å². The number of aromatic nitrogens is 1. The quantitative estimate of drug-likeness (QED) is 0.312. The van der Waals surface area contributed by atoms with Gasteiger partial charge in [-0.2, -0.15) is 0 Å². The van der Waals surface area contributed by atoms with E-state index in [0.717, 1.165) is 4.90 Å². The molecule has 1 aromatic heterocycles. The number of amides is 1. The minimum atomic E-state index is -2.73. The molecule has 4 N–H and O–H groups in total. The first-order valence-corrected chi connectivity index (χ1v) is 9.32. The predicted molar refractivity (Wildman–Crippen MR) is 95.7 cm³/mol. The lowest BCUT2D eigenvalue weighted by atomic mass is 9.89. The van der Waals surface area contributed by atoms with Crippen LogP contribution in [0.15, 0.2) is 28.8 Å². The third-order valence-corrected chi connectivity index (χ3v) is 6.07. The Labute approximate surface area is 161 Å². The van der Waals surface area contributed by atoms with Crippen LogP contribution in [-0.2, 0) is 25.4 Å². The van der Waals surface area contributed by atoms with Gasteiger partial charge in [-0.3, -0.25) is 4.79 Å². The third kappa shape index (κ3) is 3.02. The first-order chi connectivity index (χ1) is 13.1. The molecular formula is C17H18N2O8S. The highest BCUT2D eigenvalue weighted by molar-refractivity contribution is 7.80. The lowest BCUT2D eigenvalue weighted by molar-refractivity contribution is -0.163. The topological polar surface area (TPSA) is 161 Å².